The summed E-state index contributed by atoms with van der Waals surface area (Å²) in [5, 5.41) is 8.68. The summed E-state index contributed by atoms with van der Waals surface area (Å²) < 4.78 is 24.6. The maximum Gasteiger partial charge on any atom is 0.141 e. The van der Waals surface area contributed by atoms with E-state index in [4.69, 9.17) is 14.7 Å². The van der Waals surface area contributed by atoms with Gasteiger partial charge in [-0.2, -0.15) is 5.26 Å². The van der Waals surface area contributed by atoms with E-state index in [1.54, 1.807) is 36.4 Å². The lowest BCUT2D eigenvalue weighted by Gasteiger charge is -2.08. The lowest BCUT2D eigenvalue weighted by molar-refractivity contribution is 0.247. The molecule has 0 amide bonds. The fraction of sp³-hybridized carbons (Fsp3) is 0.188. The molecule has 0 bridgehead atoms. The first-order chi connectivity index (χ1) is 10.2. The predicted octanol–water partition coefficient (Wildman–Crippen LogP) is 4.31. The minimum Gasteiger partial charge on any atom is -0.493 e. The van der Waals surface area contributed by atoms with Gasteiger partial charge in [-0.25, -0.2) is 4.39 Å². The largest absolute Gasteiger partial charge is 0.493 e. The van der Waals surface area contributed by atoms with E-state index < -0.39 is 0 Å². The molecule has 0 aliphatic heterocycles. The fourth-order valence-corrected chi connectivity index (χ4v) is 1.88. The molecule has 0 spiro atoms. The van der Waals surface area contributed by atoms with Crippen molar-refractivity contribution in [2.75, 3.05) is 13.2 Å². The van der Waals surface area contributed by atoms with Gasteiger partial charge >= 0.3 is 0 Å². The van der Waals surface area contributed by atoms with Crippen molar-refractivity contribution in [3.63, 3.8) is 0 Å². The van der Waals surface area contributed by atoms with E-state index in [1.807, 2.05) is 6.07 Å². The molecular weight excluding hydrogens is 337 g/mol. The molecule has 2 rings (SSSR count). The van der Waals surface area contributed by atoms with Gasteiger partial charge in [-0.15, -0.1) is 0 Å². The van der Waals surface area contributed by atoms with Gasteiger partial charge in [0.05, 0.1) is 29.3 Å². The molecule has 2 aromatic rings. The molecule has 0 aliphatic rings. The van der Waals surface area contributed by atoms with Gasteiger partial charge in [0.1, 0.15) is 17.3 Å². The van der Waals surface area contributed by atoms with Crippen LogP contribution >= 0.6 is 15.9 Å². The maximum absolute atomic E-state index is 13.3. The van der Waals surface area contributed by atoms with Gasteiger partial charge in [-0.05, 0) is 52.3 Å². The van der Waals surface area contributed by atoms with Gasteiger partial charge in [0.25, 0.3) is 0 Å². The Morgan fingerprint density at radius 1 is 1.00 bits per heavy atom. The van der Waals surface area contributed by atoms with Crippen LogP contribution in [0.4, 0.5) is 4.39 Å². The average molecular weight is 350 g/mol. The normalized spacial score (nSPS) is 9.95. The van der Waals surface area contributed by atoms with Crippen LogP contribution in [0.15, 0.2) is 46.9 Å². The summed E-state index contributed by atoms with van der Waals surface area (Å²) in [6, 6.07) is 13.6. The number of halogens is 2. The van der Waals surface area contributed by atoms with E-state index in [1.165, 1.54) is 6.07 Å². The van der Waals surface area contributed by atoms with Gasteiger partial charge in [-0.1, -0.05) is 0 Å². The monoisotopic (exact) mass is 349 g/mol. The van der Waals surface area contributed by atoms with Crippen LogP contribution in [0.3, 0.4) is 0 Å². The summed E-state index contributed by atoms with van der Waals surface area (Å²) in [6.07, 6.45) is 0.678. The molecule has 3 nitrogen and oxygen atoms in total. The number of ether oxygens (including phenoxy) is 2. The Bertz CT molecular complexity index is 638. The lowest BCUT2D eigenvalue weighted by atomic mass is 10.2. The third kappa shape index (κ3) is 4.76. The van der Waals surface area contributed by atoms with E-state index in [0.717, 1.165) is 0 Å². The van der Waals surface area contributed by atoms with Crippen LogP contribution in [0.25, 0.3) is 0 Å². The molecule has 0 saturated heterocycles. The second kappa shape index (κ2) is 7.65. The molecule has 0 radical (unpaired) electrons. The van der Waals surface area contributed by atoms with Crippen molar-refractivity contribution < 1.29 is 13.9 Å². The van der Waals surface area contributed by atoms with Crippen molar-refractivity contribution in [3.05, 3.63) is 58.3 Å². The lowest BCUT2D eigenvalue weighted by Crippen LogP contribution is -2.05. The van der Waals surface area contributed by atoms with E-state index in [0.29, 0.717) is 41.2 Å². The summed E-state index contributed by atoms with van der Waals surface area (Å²) >= 11 is 3.09. The molecule has 0 fully saturated rings. The SMILES string of the molecule is N#Cc1ccc(OCCCOc2ccc(Br)c(F)c2)cc1. The van der Waals surface area contributed by atoms with Crippen molar-refractivity contribution in [3.8, 4) is 17.6 Å². The molecule has 5 heteroatoms. The van der Waals surface area contributed by atoms with Crippen molar-refractivity contribution >= 4 is 15.9 Å². The highest BCUT2D eigenvalue weighted by molar-refractivity contribution is 9.10. The molecule has 0 aromatic heterocycles. The first kappa shape index (κ1) is 15.3. The number of rotatable bonds is 6. The second-order valence-corrected chi connectivity index (χ2v) is 5.12. The molecular formula is C16H13BrFNO2. The Balaban J connectivity index is 1.69. The topological polar surface area (TPSA) is 42.2 Å². The summed E-state index contributed by atoms with van der Waals surface area (Å²) in [4.78, 5) is 0. The Morgan fingerprint density at radius 3 is 2.24 bits per heavy atom. The molecule has 0 heterocycles. The Labute approximate surface area is 131 Å². The molecule has 2 aromatic carbocycles. The Hall–Kier alpha value is -2.06. The van der Waals surface area contributed by atoms with E-state index in [2.05, 4.69) is 15.9 Å². The summed E-state index contributed by atoms with van der Waals surface area (Å²) in [6.45, 7) is 0.933. The zero-order valence-corrected chi connectivity index (χ0v) is 12.8. The number of hydrogen-bond donors (Lipinski definition) is 0. The second-order valence-electron chi connectivity index (χ2n) is 4.26. The van der Waals surface area contributed by atoms with E-state index >= 15 is 0 Å². The zero-order valence-electron chi connectivity index (χ0n) is 11.2. The van der Waals surface area contributed by atoms with Gasteiger partial charge in [-0.3, -0.25) is 0 Å². The van der Waals surface area contributed by atoms with Crippen LogP contribution < -0.4 is 9.47 Å². The summed E-state index contributed by atoms with van der Waals surface area (Å²) in [5.74, 6) is 0.860. The molecule has 0 N–H and O–H groups in total. The van der Waals surface area contributed by atoms with Gasteiger partial charge in [0.15, 0.2) is 0 Å². The number of benzene rings is 2. The predicted molar refractivity (Wildman–Crippen MR) is 80.9 cm³/mol. The molecule has 0 unspecified atom stereocenters. The number of nitriles is 1. The van der Waals surface area contributed by atoms with Crippen molar-refractivity contribution in [1.29, 1.82) is 5.26 Å². The van der Waals surface area contributed by atoms with Gasteiger partial charge < -0.3 is 9.47 Å². The highest BCUT2D eigenvalue weighted by atomic mass is 79.9. The van der Waals surface area contributed by atoms with E-state index in [9.17, 15) is 4.39 Å². The molecule has 0 saturated carbocycles. The Kier molecular flexibility index (Phi) is 5.59. The van der Waals surface area contributed by atoms with Crippen LogP contribution in [0.1, 0.15) is 12.0 Å². The highest BCUT2D eigenvalue weighted by Gasteiger charge is 2.01. The summed E-state index contributed by atoms with van der Waals surface area (Å²) in [5.41, 5.74) is 0.600. The van der Waals surface area contributed by atoms with Crippen molar-refractivity contribution in [2.24, 2.45) is 0 Å². The molecule has 21 heavy (non-hydrogen) atoms. The average Bonchev–Trinajstić information content (AvgIpc) is 2.51. The Morgan fingerprint density at radius 2 is 1.62 bits per heavy atom. The fourth-order valence-electron chi connectivity index (χ4n) is 1.63. The molecule has 0 aliphatic carbocycles. The first-order valence-electron chi connectivity index (χ1n) is 6.40. The van der Waals surface area contributed by atoms with Crippen LogP contribution in [0, 0.1) is 17.1 Å². The number of hydrogen-bond acceptors (Lipinski definition) is 3. The third-order valence-corrected chi connectivity index (χ3v) is 3.34. The molecule has 0 atom stereocenters. The minimum atomic E-state index is -0.346. The third-order valence-electron chi connectivity index (χ3n) is 2.70. The van der Waals surface area contributed by atoms with E-state index in [-0.39, 0.29) is 5.82 Å². The zero-order chi connectivity index (χ0) is 15.1. The van der Waals surface area contributed by atoms with Crippen LogP contribution in [-0.2, 0) is 0 Å². The van der Waals surface area contributed by atoms with Crippen molar-refractivity contribution in [2.45, 2.75) is 6.42 Å². The van der Waals surface area contributed by atoms with Crippen LogP contribution in [-0.4, -0.2) is 13.2 Å². The number of nitrogens with zero attached hydrogens (tertiary/aromatic N) is 1. The van der Waals surface area contributed by atoms with Gasteiger partial charge in [0, 0.05) is 12.5 Å². The minimum absolute atomic E-state index is 0.346. The maximum atomic E-state index is 13.3. The standard InChI is InChI=1S/C16H13BrFNO2/c17-15-7-6-14(10-16(15)18)21-9-1-8-20-13-4-2-12(11-19)3-5-13/h2-7,10H,1,8-9H2. The van der Waals surface area contributed by atoms with Crippen LogP contribution in [0.2, 0.25) is 0 Å². The quantitative estimate of drug-likeness (QED) is 0.729. The van der Waals surface area contributed by atoms with Crippen molar-refractivity contribution in [1.82, 2.24) is 0 Å². The van der Waals surface area contributed by atoms with Gasteiger partial charge in [0.2, 0.25) is 0 Å². The highest BCUT2D eigenvalue weighted by Crippen LogP contribution is 2.21. The summed E-state index contributed by atoms with van der Waals surface area (Å²) in [7, 11) is 0. The van der Waals surface area contributed by atoms with Crippen LogP contribution in [0.5, 0.6) is 11.5 Å². The smallest absolute Gasteiger partial charge is 0.141 e. The molecule has 108 valence electrons. The first-order valence-corrected chi connectivity index (χ1v) is 7.19.